The molecule has 0 aliphatic rings. The first-order chi connectivity index (χ1) is 13.6. The fraction of sp³-hybridized carbons (Fsp3) is 0.227. The van der Waals surface area contributed by atoms with Crippen molar-refractivity contribution in [1.82, 2.24) is 25.1 Å². The molecule has 0 unspecified atom stereocenters. The van der Waals surface area contributed by atoms with Crippen LogP contribution in [-0.2, 0) is 17.6 Å². The second-order valence-electron chi connectivity index (χ2n) is 6.89. The van der Waals surface area contributed by atoms with E-state index in [0.717, 1.165) is 45.7 Å². The summed E-state index contributed by atoms with van der Waals surface area (Å²) in [6.07, 6.45) is 4.78. The smallest absolute Gasteiger partial charge is 0.224 e. The van der Waals surface area contributed by atoms with Crippen LogP contribution < -0.4 is 5.32 Å². The van der Waals surface area contributed by atoms with Gasteiger partial charge in [-0.25, -0.2) is 9.67 Å². The molecule has 0 radical (unpaired) electrons. The molecule has 3 heterocycles. The first kappa shape index (κ1) is 18.0. The molecule has 0 spiro atoms. The van der Waals surface area contributed by atoms with Crippen LogP contribution in [0.15, 0.2) is 54.9 Å². The van der Waals surface area contributed by atoms with Gasteiger partial charge in [-0.2, -0.15) is 5.10 Å². The quantitative estimate of drug-likeness (QED) is 0.545. The lowest BCUT2D eigenvalue weighted by Crippen LogP contribution is -2.27. The number of carbonyl (C=O) groups excluding carboxylic acids is 1. The Balaban J connectivity index is 1.39. The number of hydrogen-bond acceptors (Lipinski definition) is 3. The molecule has 1 aromatic carbocycles. The first-order valence-electron chi connectivity index (χ1n) is 9.41. The summed E-state index contributed by atoms with van der Waals surface area (Å²) >= 11 is 0. The van der Waals surface area contributed by atoms with Crippen molar-refractivity contribution in [3.05, 3.63) is 77.4 Å². The highest BCUT2D eigenvalue weighted by Gasteiger charge is 2.14. The number of aromatic amines is 1. The van der Waals surface area contributed by atoms with Gasteiger partial charge in [0.15, 0.2) is 5.82 Å². The van der Waals surface area contributed by atoms with Crippen molar-refractivity contribution in [2.24, 2.45) is 0 Å². The summed E-state index contributed by atoms with van der Waals surface area (Å²) in [7, 11) is 0. The van der Waals surface area contributed by atoms with Gasteiger partial charge in [-0.15, -0.1) is 0 Å². The number of aryl methyl sites for hydroxylation is 1. The minimum absolute atomic E-state index is 0.0252. The Labute approximate surface area is 163 Å². The highest BCUT2D eigenvalue weighted by Crippen LogP contribution is 2.19. The number of amides is 1. The number of nitrogens with one attached hydrogen (secondary N) is 2. The van der Waals surface area contributed by atoms with Crippen LogP contribution in [0.2, 0.25) is 0 Å². The van der Waals surface area contributed by atoms with Crippen LogP contribution in [0.1, 0.15) is 22.5 Å². The zero-order chi connectivity index (χ0) is 19.5. The number of pyridine rings is 1. The highest BCUT2D eigenvalue weighted by atomic mass is 16.1. The van der Waals surface area contributed by atoms with Gasteiger partial charge in [-0.1, -0.05) is 24.3 Å². The Morgan fingerprint density at radius 3 is 2.79 bits per heavy atom. The van der Waals surface area contributed by atoms with Gasteiger partial charge in [0.2, 0.25) is 5.91 Å². The number of hydrogen-bond donors (Lipinski definition) is 2. The maximum absolute atomic E-state index is 12.4. The van der Waals surface area contributed by atoms with Crippen LogP contribution in [0.25, 0.3) is 16.7 Å². The second kappa shape index (κ2) is 7.68. The molecule has 0 aliphatic carbocycles. The summed E-state index contributed by atoms with van der Waals surface area (Å²) in [6.45, 7) is 4.62. The second-order valence-corrected chi connectivity index (χ2v) is 6.89. The Morgan fingerprint density at radius 1 is 1.14 bits per heavy atom. The SMILES string of the molecule is Cc1nn(-c2ccccn2)c(C)c1CCNC(=O)Cc1c[nH]c2ccccc12. The number of rotatable bonds is 6. The van der Waals surface area contributed by atoms with Gasteiger partial charge in [0, 0.05) is 35.5 Å². The molecular weight excluding hydrogens is 350 g/mol. The molecule has 4 rings (SSSR count). The fourth-order valence-corrected chi connectivity index (χ4v) is 3.58. The lowest BCUT2D eigenvalue weighted by atomic mass is 10.1. The minimum Gasteiger partial charge on any atom is -0.361 e. The molecule has 142 valence electrons. The molecule has 4 aromatic rings. The molecular formula is C22H23N5O. The van der Waals surface area contributed by atoms with E-state index in [0.29, 0.717) is 13.0 Å². The van der Waals surface area contributed by atoms with Gasteiger partial charge in [-0.3, -0.25) is 4.79 Å². The number of nitrogens with zero attached hydrogens (tertiary/aromatic N) is 3. The summed E-state index contributed by atoms with van der Waals surface area (Å²) in [5.41, 5.74) is 5.25. The molecule has 0 atom stereocenters. The first-order valence-corrected chi connectivity index (χ1v) is 9.41. The predicted octanol–water partition coefficient (Wildman–Crippen LogP) is 3.27. The highest BCUT2D eigenvalue weighted by molar-refractivity contribution is 5.88. The van der Waals surface area contributed by atoms with Crippen molar-refractivity contribution in [3.8, 4) is 5.82 Å². The number of carbonyl (C=O) groups is 1. The van der Waals surface area contributed by atoms with Crippen LogP contribution in [0.4, 0.5) is 0 Å². The zero-order valence-electron chi connectivity index (χ0n) is 16.1. The van der Waals surface area contributed by atoms with E-state index in [1.165, 1.54) is 0 Å². The molecule has 28 heavy (non-hydrogen) atoms. The number of benzene rings is 1. The third-order valence-electron chi connectivity index (χ3n) is 5.03. The van der Waals surface area contributed by atoms with E-state index in [-0.39, 0.29) is 5.91 Å². The van der Waals surface area contributed by atoms with E-state index < -0.39 is 0 Å². The van der Waals surface area contributed by atoms with Crippen molar-refractivity contribution in [2.75, 3.05) is 6.54 Å². The molecule has 0 saturated heterocycles. The number of fused-ring (bicyclic) bond motifs is 1. The molecule has 6 nitrogen and oxygen atoms in total. The molecule has 0 aliphatic heterocycles. The topological polar surface area (TPSA) is 75.6 Å². The van der Waals surface area contributed by atoms with Crippen LogP contribution in [0.5, 0.6) is 0 Å². The van der Waals surface area contributed by atoms with Crippen LogP contribution >= 0.6 is 0 Å². The lowest BCUT2D eigenvalue weighted by molar-refractivity contribution is -0.120. The van der Waals surface area contributed by atoms with Gasteiger partial charge >= 0.3 is 0 Å². The van der Waals surface area contributed by atoms with Crippen LogP contribution in [-0.4, -0.2) is 32.2 Å². The van der Waals surface area contributed by atoms with Gasteiger partial charge in [0.25, 0.3) is 0 Å². The monoisotopic (exact) mass is 373 g/mol. The predicted molar refractivity (Wildman–Crippen MR) is 110 cm³/mol. The Kier molecular flexibility index (Phi) is 4.93. The minimum atomic E-state index is 0.0252. The van der Waals surface area contributed by atoms with Gasteiger partial charge in [0.1, 0.15) is 0 Å². The van der Waals surface area contributed by atoms with Crippen LogP contribution in [0, 0.1) is 13.8 Å². The van der Waals surface area contributed by atoms with Crippen molar-refractivity contribution < 1.29 is 4.79 Å². The lowest BCUT2D eigenvalue weighted by Gasteiger charge is -2.06. The van der Waals surface area contributed by atoms with E-state index in [1.807, 2.05) is 67.2 Å². The molecule has 0 bridgehead atoms. The van der Waals surface area contributed by atoms with Crippen molar-refractivity contribution in [2.45, 2.75) is 26.7 Å². The van der Waals surface area contributed by atoms with Gasteiger partial charge < -0.3 is 10.3 Å². The third kappa shape index (κ3) is 3.53. The van der Waals surface area contributed by atoms with E-state index in [9.17, 15) is 4.79 Å². The summed E-state index contributed by atoms with van der Waals surface area (Å²) in [5.74, 6) is 0.829. The molecule has 1 amide bonds. The normalized spacial score (nSPS) is 11.1. The zero-order valence-corrected chi connectivity index (χ0v) is 16.1. The van der Waals surface area contributed by atoms with E-state index in [4.69, 9.17) is 0 Å². The van der Waals surface area contributed by atoms with E-state index >= 15 is 0 Å². The van der Waals surface area contributed by atoms with E-state index in [1.54, 1.807) is 6.20 Å². The molecule has 6 heteroatoms. The molecule has 0 fully saturated rings. The summed E-state index contributed by atoms with van der Waals surface area (Å²) < 4.78 is 1.86. The number of aromatic nitrogens is 4. The Bertz CT molecular complexity index is 1110. The Hall–Kier alpha value is -3.41. The maximum Gasteiger partial charge on any atom is 0.224 e. The summed E-state index contributed by atoms with van der Waals surface area (Å²) in [4.78, 5) is 20.0. The molecule has 0 saturated carbocycles. The Morgan fingerprint density at radius 2 is 1.96 bits per heavy atom. The molecule has 3 aromatic heterocycles. The van der Waals surface area contributed by atoms with E-state index in [2.05, 4.69) is 20.4 Å². The van der Waals surface area contributed by atoms with Crippen molar-refractivity contribution in [3.63, 3.8) is 0 Å². The van der Waals surface area contributed by atoms with Gasteiger partial charge in [0.05, 0.1) is 12.1 Å². The van der Waals surface area contributed by atoms with Crippen molar-refractivity contribution >= 4 is 16.8 Å². The number of para-hydroxylation sites is 1. The summed E-state index contributed by atoms with van der Waals surface area (Å²) in [6, 6.07) is 13.8. The fourth-order valence-electron chi connectivity index (χ4n) is 3.58. The third-order valence-corrected chi connectivity index (χ3v) is 5.03. The maximum atomic E-state index is 12.4. The summed E-state index contributed by atoms with van der Waals surface area (Å²) in [5, 5.41) is 8.74. The average Bonchev–Trinajstić information content (AvgIpc) is 3.24. The average molecular weight is 373 g/mol. The molecule has 2 N–H and O–H groups in total. The standard InChI is InChI=1S/C22H23N5O/c1-15-18(16(2)27(26-15)21-9-5-6-11-23-21)10-12-24-22(28)13-17-14-25-20-8-4-3-7-19(17)20/h3-9,11,14,25H,10,12-13H2,1-2H3,(H,24,28). The largest absolute Gasteiger partial charge is 0.361 e. The van der Waals surface area contributed by atoms with Crippen LogP contribution in [0.3, 0.4) is 0 Å². The number of H-pyrrole nitrogens is 1. The van der Waals surface area contributed by atoms with Gasteiger partial charge in [-0.05, 0) is 49.6 Å². The van der Waals surface area contributed by atoms with Crippen molar-refractivity contribution in [1.29, 1.82) is 0 Å².